The minimum absolute atomic E-state index is 0.121. The molecule has 0 heterocycles. The van der Waals surface area contributed by atoms with Crippen LogP contribution in [0, 0.1) is 17.0 Å². The second-order valence-corrected chi connectivity index (χ2v) is 5.74. The fourth-order valence-corrected chi connectivity index (χ4v) is 2.60. The molecule has 2 aromatic carbocycles. The smallest absolute Gasteiger partial charge is 0.312 e. The van der Waals surface area contributed by atoms with Crippen molar-refractivity contribution >= 4 is 33.2 Å². The number of nitro groups is 1. The third kappa shape index (κ3) is 3.53. The maximum atomic E-state index is 11.2. The topological polar surface area (TPSA) is 78.4 Å². The third-order valence-corrected chi connectivity index (χ3v) is 3.57. The number of nitrogens with two attached hydrogens (primary N) is 1. The molecule has 110 valence electrons. The molecule has 0 saturated heterocycles. The van der Waals surface area contributed by atoms with Crippen molar-refractivity contribution in [1.82, 2.24) is 0 Å². The van der Waals surface area contributed by atoms with Crippen LogP contribution in [0.3, 0.4) is 0 Å². The van der Waals surface area contributed by atoms with Crippen LogP contribution >= 0.6 is 27.5 Å². The second-order valence-electron chi connectivity index (χ2n) is 4.39. The molecule has 0 bridgehead atoms. The van der Waals surface area contributed by atoms with Crippen LogP contribution < -0.4 is 10.5 Å². The highest BCUT2D eigenvalue weighted by molar-refractivity contribution is 9.10. The largest absolute Gasteiger partial charge is 0.449 e. The fraction of sp³-hybridized carbons (Fsp3) is 0.143. The summed E-state index contributed by atoms with van der Waals surface area (Å²) in [4.78, 5) is 10.7. The average molecular weight is 372 g/mol. The maximum Gasteiger partial charge on any atom is 0.312 e. The van der Waals surface area contributed by atoms with Crippen molar-refractivity contribution in [3.63, 3.8) is 0 Å². The first-order valence-corrected chi connectivity index (χ1v) is 7.20. The lowest BCUT2D eigenvalue weighted by atomic mass is 10.1. The molecule has 7 heteroatoms. The molecule has 2 aromatic rings. The van der Waals surface area contributed by atoms with E-state index in [0.29, 0.717) is 20.8 Å². The number of nitrogens with zero attached hydrogens (tertiary/aromatic N) is 1. The van der Waals surface area contributed by atoms with Crippen molar-refractivity contribution in [2.45, 2.75) is 13.5 Å². The molecule has 2 rings (SSSR count). The number of halogens is 2. The predicted molar refractivity (Wildman–Crippen MR) is 85.0 cm³/mol. The van der Waals surface area contributed by atoms with Gasteiger partial charge in [-0.05, 0) is 30.7 Å². The van der Waals surface area contributed by atoms with Crippen LogP contribution in [0.15, 0.2) is 34.8 Å². The SMILES string of the molecule is Cc1cc(Br)cc([N+](=O)[O-])c1Oc1cc(Cl)ccc1CN. The van der Waals surface area contributed by atoms with Gasteiger partial charge in [-0.3, -0.25) is 10.1 Å². The van der Waals surface area contributed by atoms with Crippen LogP contribution in [0.25, 0.3) is 0 Å². The summed E-state index contributed by atoms with van der Waals surface area (Å²) in [6.45, 7) is 1.98. The minimum atomic E-state index is -0.486. The fourth-order valence-electron chi connectivity index (χ4n) is 1.88. The highest BCUT2D eigenvalue weighted by Crippen LogP contribution is 2.38. The number of benzene rings is 2. The second kappa shape index (κ2) is 6.43. The summed E-state index contributed by atoms with van der Waals surface area (Å²) >= 11 is 9.18. The van der Waals surface area contributed by atoms with E-state index in [1.165, 1.54) is 6.07 Å². The lowest BCUT2D eigenvalue weighted by molar-refractivity contribution is -0.385. The molecule has 0 atom stereocenters. The predicted octanol–water partition coefficient (Wildman–Crippen LogP) is 4.57. The molecule has 0 unspecified atom stereocenters. The molecule has 21 heavy (non-hydrogen) atoms. The third-order valence-electron chi connectivity index (χ3n) is 2.88. The Labute approximate surface area is 134 Å². The molecule has 0 amide bonds. The Bertz CT molecular complexity index is 707. The standard InChI is InChI=1S/C14H12BrClN2O3/c1-8-4-10(15)5-12(18(19)20)14(8)21-13-6-11(16)3-2-9(13)7-17/h2-6H,7,17H2,1H3. The summed E-state index contributed by atoms with van der Waals surface area (Å²) in [7, 11) is 0. The molecule has 0 aliphatic carbocycles. The number of hydrogen-bond acceptors (Lipinski definition) is 4. The van der Waals surface area contributed by atoms with E-state index < -0.39 is 4.92 Å². The molecule has 0 saturated carbocycles. The van der Waals surface area contributed by atoms with E-state index in [0.717, 1.165) is 5.56 Å². The first kappa shape index (κ1) is 15.8. The van der Waals surface area contributed by atoms with E-state index in [2.05, 4.69) is 15.9 Å². The quantitative estimate of drug-likeness (QED) is 0.630. The van der Waals surface area contributed by atoms with Gasteiger partial charge in [-0.1, -0.05) is 33.6 Å². The van der Waals surface area contributed by atoms with Gasteiger partial charge in [0, 0.05) is 27.7 Å². The molecule has 0 aromatic heterocycles. The Morgan fingerprint density at radius 1 is 1.38 bits per heavy atom. The Hall–Kier alpha value is -1.63. The summed E-state index contributed by atoms with van der Waals surface area (Å²) in [5.74, 6) is 0.596. The highest BCUT2D eigenvalue weighted by atomic mass is 79.9. The van der Waals surface area contributed by atoms with Gasteiger partial charge in [-0.15, -0.1) is 0 Å². The Morgan fingerprint density at radius 2 is 2.10 bits per heavy atom. The Balaban J connectivity index is 2.54. The molecule has 0 radical (unpaired) electrons. The first-order chi connectivity index (χ1) is 9.92. The van der Waals surface area contributed by atoms with E-state index in [9.17, 15) is 10.1 Å². The number of aryl methyl sites for hydroxylation is 1. The zero-order valence-electron chi connectivity index (χ0n) is 11.1. The van der Waals surface area contributed by atoms with E-state index in [1.54, 1.807) is 31.2 Å². The van der Waals surface area contributed by atoms with Crippen molar-refractivity contribution in [1.29, 1.82) is 0 Å². The van der Waals surface area contributed by atoms with Gasteiger partial charge in [-0.25, -0.2) is 0 Å². The van der Waals surface area contributed by atoms with E-state index in [1.807, 2.05) is 0 Å². The van der Waals surface area contributed by atoms with Crippen LogP contribution in [-0.2, 0) is 6.54 Å². The zero-order valence-corrected chi connectivity index (χ0v) is 13.4. The number of rotatable bonds is 4. The monoisotopic (exact) mass is 370 g/mol. The molecule has 5 nitrogen and oxygen atoms in total. The van der Waals surface area contributed by atoms with Gasteiger partial charge >= 0.3 is 5.69 Å². The van der Waals surface area contributed by atoms with Gasteiger partial charge in [0.15, 0.2) is 0 Å². The van der Waals surface area contributed by atoms with Crippen LogP contribution in [-0.4, -0.2) is 4.92 Å². The molecule has 0 aliphatic rings. The molecular formula is C14H12BrClN2O3. The molecule has 0 fully saturated rings. The lowest BCUT2D eigenvalue weighted by Gasteiger charge is -2.13. The minimum Gasteiger partial charge on any atom is -0.449 e. The van der Waals surface area contributed by atoms with Gasteiger partial charge < -0.3 is 10.5 Å². The van der Waals surface area contributed by atoms with Gasteiger partial charge in [-0.2, -0.15) is 0 Å². The van der Waals surface area contributed by atoms with Gasteiger partial charge in [0.05, 0.1) is 4.92 Å². The molecule has 0 spiro atoms. The Morgan fingerprint density at radius 3 is 2.71 bits per heavy atom. The first-order valence-electron chi connectivity index (χ1n) is 6.03. The average Bonchev–Trinajstić information content (AvgIpc) is 2.41. The maximum absolute atomic E-state index is 11.2. The summed E-state index contributed by atoms with van der Waals surface area (Å²) < 4.78 is 6.35. The van der Waals surface area contributed by atoms with E-state index in [-0.39, 0.29) is 18.0 Å². The van der Waals surface area contributed by atoms with E-state index >= 15 is 0 Å². The van der Waals surface area contributed by atoms with Crippen LogP contribution in [0.2, 0.25) is 5.02 Å². The lowest BCUT2D eigenvalue weighted by Crippen LogP contribution is -2.01. The zero-order chi connectivity index (χ0) is 15.6. The Kier molecular flexibility index (Phi) is 4.82. The molecule has 0 aliphatic heterocycles. The molecule has 2 N–H and O–H groups in total. The van der Waals surface area contributed by atoms with Gasteiger partial charge in [0.25, 0.3) is 0 Å². The number of hydrogen-bond donors (Lipinski definition) is 1. The normalized spacial score (nSPS) is 10.5. The number of ether oxygens (including phenoxy) is 1. The van der Waals surface area contributed by atoms with Crippen LogP contribution in [0.1, 0.15) is 11.1 Å². The van der Waals surface area contributed by atoms with Crippen molar-refractivity contribution < 1.29 is 9.66 Å². The van der Waals surface area contributed by atoms with Crippen molar-refractivity contribution in [2.75, 3.05) is 0 Å². The summed E-state index contributed by atoms with van der Waals surface area (Å²) in [5.41, 5.74) is 6.89. The van der Waals surface area contributed by atoms with Crippen LogP contribution in [0.5, 0.6) is 11.5 Å². The van der Waals surface area contributed by atoms with Crippen molar-refractivity contribution in [3.05, 3.63) is 61.1 Å². The van der Waals surface area contributed by atoms with Gasteiger partial charge in [0.2, 0.25) is 5.75 Å². The van der Waals surface area contributed by atoms with Crippen molar-refractivity contribution in [2.24, 2.45) is 5.73 Å². The summed E-state index contributed by atoms with van der Waals surface area (Å²) in [5, 5.41) is 11.7. The van der Waals surface area contributed by atoms with Gasteiger partial charge in [0.1, 0.15) is 5.75 Å². The van der Waals surface area contributed by atoms with Crippen LogP contribution in [0.4, 0.5) is 5.69 Å². The highest BCUT2D eigenvalue weighted by Gasteiger charge is 2.20. The summed E-state index contributed by atoms with van der Waals surface area (Å²) in [6, 6.07) is 8.16. The number of nitro benzene ring substituents is 1. The summed E-state index contributed by atoms with van der Waals surface area (Å²) in [6.07, 6.45) is 0. The van der Waals surface area contributed by atoms with Crippen molar-refractivity contribution in [3.8, 4) is 11.5 Å². The van der Waals surface area contributed by atoms with E-state index in [4.69, 9.17) is 22.1 Å². The molecular weight excluding hydrogens is 360 g/mol.